The van der Waals surface area contributed by atoms with Crippen LogP contribution in [0.25, 0.3) is 21.3 Å². The number of likely N-dealkylation sites (N-methyl/N-ethyl adjacent to an activating group) is 1. The third-order valence-corrected chi connectivity index (χ3v) is 6.40. The van der Waals surface area contributed by atoms with E-state index in [0.29, 0.717) is 0 Å². The van der Waals surface area contributed by atoms with Crippen LogP contribution in [0.15, 0.2) is 60.1 Å². The zero-order valence-electron chi connectivity index (χ0n) is 15.9. The van der Waals surface area contributed by atoms with Crippen LogP contribution in [0.5, 0.6) is 5.75 Å². The molecule has 0 aliphatic carbocycles. The van der Waals surface area contributed by atoms with Crippen LogP contribution >= 0.6 is 11.3 Å². The standard InChI is InChI=1S/C23H21N3OS/c1-26-13-16-12-15(21-4-3-10-24-25-21)5-6-17(16)20(14-26)18-7-8-22-19(9-11-28-22)23(18)27-2/h3-12,20H,13-14H2,1-2H3. The highest BCUT2D eigenvalue weighted by Gasteiger charge is 2.28. The van der Waals surface area contributed by atoms with Gasteiger partial charge < -0.3 is 9.64 Å². The van der Waals surface area contributed by atoms with E-state index in [0.717, 1.165) is 30.1 Å². The minimum Gasteiger partial charge on any atom is -0.496 e. The van der Waals surface area contributed by atoms with E-state index in [-0.39, 0.29) is 5.92 Å². The first kappa shape index (κ1) is 17.3. The van der Waals surface area contributed by atoms with Gasteiger partial charge in [-0.2, -0.15) is 10.2 Å². The first-order chi connectivity index (χ1) is 13.7. The van der Waals surface area contributed by atoms with Gasteiger partial charge in [0.25, 0.3) is 0 Å². The van der Waals surface area contributed by atoms with Gasteiger partial charge in [0.2, 0.25) is 0 Å². The van der Waals surface area contributed by atoms with Crippen LogP contribution in [0.3, 0.4) is 0 Å². The number of benzene rings is 2. The predicted molar refractivity (Wildman–Crippen MR) is 114 cm³/mol. The van der Waals surface area contributed by atoms with E-state index in [1.807, 2.05) is 12.1 Å². The van der Waals surface area contributed by atoms with Gasteiger partial charge in [-0.25, -0.2) is 0 Å². The molecule has 4 aromatic rings. The van der Waals surface area contributed by atoms with Gasteiger partial charge in [0.15, 0.2) is 0 Å². The van der Waals surface area contributed by atoms with Gasteiger partial charge in [-0.15, -0.1) is 11.3 Å². The van der Waals surface area contributed by atoms with Crippen LogP contribution in [-0.2, 0) is 6.54 Å². The number of aromatic nitrogens is 2. The van der Waals surface area contributed by atoms with Gasteiger partial charge in [-0.05, 0) is 53.9 Å². The maximum absolute atomic E-state index is 5.88. The fourth-order valence-corrected chi connectivity index (χ4v) is 5.05. The summed E-state index contributed by atoms with van der Waals surface area (Å²) in [6, 6.07) is 17.2. The number of ether oxygens (including phenoxy) is 1. The molecule has 0 N–H and O–H groups in total. The molecule has 2 aromatic heterocycles. The van der Waals surface area contributed by atoms with E-state index in [1.165, 1.54) is 26.8 Å². The lowest BCUT2D eigenvalue weighted by Gasteiger charge is -2.33. The Morgan fingerprint density at radius 3 is 2.82 bits per heavy atom. The van der Waals surface area contributed by atoms with Gasteiger partial charge in [-0.3, -0.25) is 0 Å². The van der Waals surface area contributed by atoms with Gasteiger partial charge in [-0.1, -0.05) is 18.2 Å². The molecular weight excluding hydrogens is 366 g/mol. The van der Waals surface area contributed by atoms with E-state index in [9.17, 15) is 0 Å². The summed E-state index contributed by atoms with van der Waals surface area (Å²) in [6.45, 7) is 1.91. The number of fused-ring (bicyclic) bond motifs is 2. The predicted octanol–water partition coefficient (Wildman–Crippen LogP) is 4.94. The molecule has 3 heterocycles. The van der Waals surface area contributed by atoms with E-state index in [1.54, 1.807) is 24.6 Å². The number of hydrogen-bond donors (Lipinski definition) is 0. The highest BCUT2D eigenvalue weighted by atomic mass is 32.1. The van der Waals surface area contributed by atoms with Crippen molar-refractivity contribution in [2.45, 2.75) is 12.5 Å². The second-order valence-corrected chi connectivity index (χ2v) is 8.24. The van der Waals surface area contributed by atoms with Crippen molar-refractivity contribution in [3.8, 4) is 17.0 Å². The van der Waals surface area contributed by atoms with Crippen LogP contribution in [-0.4, -0.2) is 35.8 Å². The summed E-state index contributed by atoms with van der Waals surface area (Å²) in [6.07, 6.45) is 1.71. The maximum atomic E-state index is 5.88. The molecule has 0 spiro atoms. The Bertz CT molecular complexity index is 1140. The maximum Gasteiger partial charge on any atom is 0.131 e. The molecule has 1 atom stereocenters. The molecule has 28 heavy (non-hydrogen) atoms. The molecule has 2 aromatic carbocycles. The second kappa shape index (κ2) is 7.00. The number of nitrogens with zero attached hydrogens (tertiary/aromatic N) is 3. The van der Waals surface area contributed by atoms with E-state index in [2.05, 4.69) is 63.9 Å². The molecule has 0 saturated heterocycles. The third kappa shape index (κ3) is 2.87. The summed E-state index contributed by atoms with van der Waals surface area (Å²) in [5.74, 6) is 1.28. The number of rotatable bonds is 3. The Morgan fingerprint density at radius 2 is 2.00 bits per heavy atom. The lowest BCUT2D eigenvalue weighted by atomic mass is 9.83. The monoisotopic (exact) mass is 387 g/mol. The number of thiophene rings is 1. The molecule has 1 aliphatic rings. The van der Waals surface area contributed by atoms with Crippen LogP contribution in [0, 0.1) is 0 Å². The summed E-state index contributed by atoms with van der Waals surface area (Å²) in [4.78, 5) is 2.38. The SMILES string of the molecule is COc1c(C2CN(C)Cc3cc(-c4cccnn4)ccc32)ccc2sccc12. The molecule has 0 amide bonds. The molecular formula is C23H21N3OS. The van der Waals surface area contributed by atoms with Crippen molar-refractivity contribution in [3.05, 3.63) is 76.8 Å². The average molecular weight is 388 g/mol. The summed E-state index contributed by atoms with van der Waals surface area (Å²) >= 11 is 1.75. The minimum atomic E-state index is 0.281. The lowest BCUT2D eigenvalue weighted by Crippen LogP contribution is -2.31. The van der Waals surface area contributed by atoms with Crippen molar-refractivity contribution in [1.82, 2.24) is 15.1 Å². The molecule has 0 bridgehead atoms. The molecule has 5 rings (SSSR count). The first-order valence-electron chi connectivity index (χ1n) is 9.38. The molecule has 4 nitrogen and oxygen atoms in total. The zero-order valence-corrected chi connectivity index (χ0v) is 16.7. The molecule has 0 fully saturated rings. The van der Waals surface area contributed by atoms with E-state index < -0.39 is 0 Å². The Balaban J connectivity index is 1.64. The fourth-order valence-electron chi connectivity index (χ4n) is 4.27. The molecule has 1 unspecified atom stereocenters. The van der Waals surface area contributed by atoms with Gasteiger partial charge >= 0.3 is 0 Å². The Labute approximate surface area is 168 Å². The Kier molecular flexibility index (Phi) is 4.34. The summed E-state index contributed by atoms with van der Waals surface area (Å²) in [5, 5.41) is 11.6. The Morgan fingerprint density at radius 1 is 1.11 bits per heavy atom. The summed E-state index contributed by atoms with van der Waals surface area (Å²) < 4.78 is 7.15. The molecule has 140 valence electrons. The van der Waals surface area contributed by atoms with Gasteiger partial charge in [0.1, 0.15) is 5.75 Å². The van der Waals surface area contributed by atoms with Crippen LogP contribution < -0.4 is 4.74 Å². The normalized spacial score (nSPS) is 16.9. The van der Waals surface area contributed by atoms with Crippen molar-refractivity contribution in [3.63, 3.8) is 0 Å². The van der Waals surface area contributed by atoms with Crippen molar-refractivity contribution >= 4 is 21.4 Å². The number of methoxy groups -OCH3 is 1. The first-order valence-corrected chi connectivity index (χ1v) is 10.3. The molecule has 0 saturated carbocycles. The van der Waals surface area contributed by atoms with Crippen molar-refractivity contribution in [2.75, 3.05) is 20.7 Å². The van der Waals surface area contributed by atoms with Crippen LogP contribution in [0.1, 0.15) is 22.6 Å². The van der Waals surface area contributed by atoms with Crippen molar-refractivity contribution in [2.24, 2.45) is 0 Å². The minimum absolute atomic E-state index is 0.281. The molecule has 5 heteroatoms. The van der Waals surface area contributed by atoms with E-state index in [4.69, 9.17) is 4.74 Å². The average Bonchev–Trinajstić information content (AvgIpc) is 3.21. The Hall–Kier alpha value is -2.76. The molecule has 1 aliphatic heterocycles. The highest BCUT2D eigenvalue weighted by molar-refractivity contribution is 7.17. The fraction of sp³-hybridized carbons (Fsp3) is 0.217. The van der Waals surface area contributed by atoms with Gasteiger partial charge in [0.05, 0.1) is 12.8 Å². The summed E-state index contributed by atoms with van der Waals surface area (Å²) in [7, 11) is 3.96. The quantitative estimate of drug-likeness (QED) is 0.499. The van der Waals surface area contributed by atoms with Crippen molar-refractivity contribution in [1.29, 1.82) is 0 Å². The van der Waals surface area contributed by atoms with Crippen molar-refractivity contribution < 1.29 is 4.74 Å². The van der Waals surface area contributed by atoms with Crippen LogP contribution in [0.4, 0.5) is 0 Å². The third-order valence-electron chi connectivity index (χ3n) is 5.52. The lowest BCUT2D eigenvalue weighted by molar-refractivity contribution is 0.292. The topological polar surface area (TPSA) is 38.2 Å². The smallest absolute Gasteiger partial charge is 0.131 e. The second-order valence-electron chi connectivity index (χ2n) is 7.29. The van der Waals surface area contributed by atoms with E-state index >= 15 is 0 Å². The molecule has 0 radical (unpaired) electrons. The summed E-state index contributed by atoms with van der Waals surface area (Å²) in [5.41, 5.74) is 6.00. The number of hydrogen-bond acceptors (Lipinski definition) is 5. The van der Waals surface area contributed by atoms with Gasteiger partial charge in [0, 0.05) is 46.4 Å². The highest BCUT2D eigenvalue weighted by Crippen LogP contribution is 2.42. The zero-order chi connectivity index (χ0) is 19.1. The van der Waals surface area contributed by atoms with Crippen LogP contribution in [0.2, 0.25) is 0 Å². The largest absolute Gasteiger partial charge is 0.496 e.